The van der Waals surface area contributed by atoms with E-state index >= 15 is 4.79 Å². The molecule has 2 fully saturated rings. The Bertz CT molecular complexity index is 1930. The predicted octanol–water partition coefficient (Wildman–Crippen LogP) is 0.738. The van der Waals surface area contributed by atoms with Gasteiger partial charge in [-0.1, -0.05) is 48.5 Å². The Balaban J connectivity index is 1.51. The Kier molecular flexibility index (Phi) is 13.3. The molecule has 1 unspecified atom stereocenters. The largest absolute Gasteiger partial charge is 0.497 e. The van der Waals surface area contributed by atoms with Gasteiger partial charge in [-0.15, -0.1) is 0 Å². The minimum absolute atomic E-state index is 0.111. The number of unbranched alkanes of at least 4 members (excludes halogenated alkanes) is 1. The standard InChI is InChI=1S/C42H52N2O14/c1-23(16-19-45)37(50)43-17-8-9-18-44-38(51)33-31(24-10-6-5-7-11-24)41(52)32-28(55-4)20-27(54-3)21-29(32)58-42(33,25-12-14-26(53-2)15-13-25)40(41)57-39-36(49)35(48)34(47)30(22-46)56-39/h5-7,10-16,20-21,30-31,33-36,39-40,45-49,52H,8-9,17-19,22H2,1-4H3,(H,43,50)(H,44,51)/b23-16+/t30-,31-,33+,34-,35+,36-,39+,40?,41-,42+/m1/s1. The second-order valence-electron chi connectivity index (χ2n) is 14.6. The highest BCUT2D eigenvalue weighted by molar-refractivity contribution is 5.92. The quantitative estimate of drug-likeness (QED) is 0.0737. The van der Waals surface area contributed by atoms with Crippen LogP contribution in [-0.2, 0) is 30.3 Å². The van der Waals surface area contributed by atoms with Crippen molar-refractivity contribution in [2.24, 2.45) is 5.92 Å². The summed E-state index contributed by atoms with van der Waals surface area (Å²) >= 11 is 0. The van der Waals surface area contributed by atoms with Crippen LogP contribution in [-0.4, -0.2) is 127 Å². The molecule has 16 nitrogen and oxygen atoms in total. The zero-order chi connectivity index (χ0) is 41.8. The summed E-state index contributed by atoms with van der Waals surface area (Å²) in [5.74, 6) is -2.26. The van der Waals surface area contributed by atoms with Crippen molar-refractivity contribution in [2.75, 3.05) is 47.6 Å². The van der Waals surface area contributed by atoms with Crippen molar-refractivity contribution in [1.29, 1.82) is 0 Å². The highest BCUT2D eigenvalue weighted by Gasteiger charge is 2.77. The summed E-state index contributed by atoms with van der Waals surface area (Å²) in [6, 6.07) is 18.7. The van der Waals surface area contributed by atoms with E-state index in [9.17, 15) is 30.3 Å². The van der Waals surface area contributed by atoms with E-state index in [1.165, 1.54) is 27.4 Å². The summed E-state index contributed by atoms with van der Waals surface area (Å²) in [6.45, 7) is 1.08. The van der Waals surface area contributed by atoms with Crippen LogP contribution in [0.25, 0.3) is 0 Å². The number of amides is 2. The fourth-order valence-corrected chi connectivity index (χ4v) is 8.42. The third-order valence-electron chi connectivity index (χ3n) is 11.3. The Morgan fingerprint density at radius 1 is 0.845 bits per heavy atom. The Morgan fingerprint density at radius 3 is 2.14 bits per heavy atom. The van der Waals surface area contributed by atoms with Crippen LogP contribution < -0.4 is 29.6 Å². The van der Waals surface area contributed by atoms with Gasteiger partial charge in [0.1, 0.15) is 59.1 Å². The summed E-state index contributed by atoms with van der Waals surface area (Å²) in [7, 11) is 4.36. The predicted molar refractivity (Wildman–Crippen MR) is 206 cm³/mol. The number of carbonyl (C=O) groups excluding carboxylic acids is 2. The molecule has 8 N–H and O–H groups in total. The van der Waals surface area contributed by atoms with Gasteiger partial charge >= 0.3 is 0 Å². The third-order valence-corrected chi connectivity index (χ3v) is 11.3. The first-order chi connectivity index (χ1) is 27.9. The van der Waals surface area contributed by atoms with Crippen molar-refractivity contribution in [1.82, 2.24) is 10.6 Å². The number of hydrogen-bond acceptors (Lipinski definition) is 14. The molecule has 10 atom stereocenters. The molecule has 0 spiro atoms. The van der Waals surface area contributed by atoms with E-state index in [4.69, 9.17) is 33.5 Å². The molecule has 2 bridgehead atoms. The molecule has 58 heavy (non-hydrogen) atoms. The molecule has 2 heterocycles. The lowest BCUT2D eigenvalue weighted by atomic mass is 9.74. The van der Waals surface area contributed by atoms with E-state index in [0.29, 0.717) is 47.6 Å². The van der Waals surface area contributed by atoms with Crippen LogP contribution in [0.4, 0.5) is 0 Å². The normalized spacial score (nSPS) is 30.1. The molecule has 314 valence electrons. The number of aliphatic hydroxyl groups excluding tert-OH is 5. The zero-order valence-corrected chi connectivity index (χ0v) is 32.7. The Hall–Kier alpha value is -4.78. The van der Waals surface area contributed by atoms with E-state index < -0.39 is 72.4 Å². The van der Waals surface area contributed by atoms with Crippen LogP contribution in [0.5, 0.6) is 23.0 Å². The Morgan fingerprint density at radius 2 is 1.52 bits per heavy atom. The average Bonchev–Trinajstić information content (AvgIpc) is 3.39. The fraction of sp³-hybridized carbons (Fsp3) is 0.476. The van der Waals surface area contributed by atoms with Gasteiger partial charge in [0, 0.05) is 36.7 Å². The maximum absolute atomic E-state index is 15.1. The number of fused-ring (bicyclic) bond motifs is 4. The molecule has 3 aromatic carbocycles. The molecule has 0 aromatic heterocycles. The molecule has 1 saturated carbocycles. The van der Waals surface area contributed by atoms with Gasteiger partial charge in [0.15, 0.2) is 11.9 Å². The van der Waals surface area contributed by atoms with Gasteiger partial charge in [0.2, 0.25) is 11.8 Å². The molecule has 6 rings (SSSR count). The number of carbonyl (C=O) groups is 2. The van der Waals surface area contributed by atoms with Gasteiger partial charge in [-0.25, -0.2) is 0 Å². The highest BCUT2D eigenvalue weighted by atomic mass is 16.7. The maximum Gasteiger partial charge on any atom is 0.246 e. The van der Waals surface area contributed by atoms with Crippen LogP contribution in [0.1, 0.15) is 42.4 Å². The molecule has 0 radical (unpaired) electrons. The molecule has 3 aromatic rings. The van der Waals surface area contributed by atoms with Crippen molar-refractivity contribution in [3.05, 3.63) is 95.1 Å². The van der Waals surface area contributed by atoms with Crippen LogP contribution in [0.3, 0.4) is 0 Å². The minimum Gasteiger partial charge on any atom is -0.497 e. The van der Waals surface area contributed by atoms with Crippen molar-refractivity contribution in [3.8, 4) is 23.0 Å². The molecule has 3 aliphatic rings. The van der Waals surface area contributed by atoms with Crippen molar-refractivity contribution >= 4 is 11.8 Å². The molecule has 2 aliphatic heterocycles. The smallest absolute Gasteiger partial charge is 0.246 e. The number of methoxy groups -OCH3 is 3. The van der Waals surface area contributed by atoms with Gasteiger partial charge in [0.05, 0.1) is 46.0 Å². The van der Waals surface area contributed by atoms with Crippen LogP contribution in [0.15, 0.2) is 78.4 Å². The van der Waals surface area contributed by atoms with E-state index in [0.717, 1.165) is 0 Å². The maximum atomic E-state index is 15.1. The average molecular weight is 809 g/mol. The lowest BCUT2D eigenvalue weighted by Crippen LogP contribution is -2.64. The first-order valence-corrected chi connectivity index (χ1v) is 19.1. The van der Waals surface area contributed by atoms with Gasteiger partial charge in [-0.3, -0.25) is 9.59 Å². The number of nitrogens with one attached hydrogen (secondary N) is 2. The van der Waals surface area contributed by atoms with Gasteiger partial charge in [-0.2, -0.15) is 0 Å². The van der Waals surface area contributed by atoms with Gasteiger partial charge < -0.3 is 69.7 Å². The van der Waals surface area contributed by atoms with Crippen molar-refractivity contribution in [3.63, 3.8) is 0 Å². The van der Waals surface area contributed by atoms with Gasteiger partial charge in [-0.05, 0) is 43.0 Å². The Labute approximate surface area is 335 Å². The number of aliphatic hydroxyl groups is 6. The molecule has 1 saturated heterocycles. The van der Waals surface area contributed by atoms with E-state index in [2.05, 4.69) is 10.6 Å². The second-order valence-corrected chi connectivity index (χ2v) is 14.6. The van der Waals surface area contributed by atoms with E-state index in [1.807, 2.05) is 0 Å². The number of hydrogen-bond donors (Lipinski definition) is 8. The lowest BCUT2D eigenvalue weighted by molar-refractivity contribution is -0.337. The molecular weight excluding hydrogens is 756 g/mol. The van der Waals surface area contributed by atoms with E-state index in [1.54, 1.807) is 73.7 Å². The summed E-state index contributed by atoms with van der Waals surface area (Å²) in [5, 5.41) is 71.6. The summed E-state index contributed by atoms with van der Waals surface area (Å²) in [5.41, 5.74) is -2.81. The molecule has 1 aliphatic carbocycles. The zero-order valence-electron chi connectivity index (χ0n) is 32.7. The van der Waals surface area contributed by atoms with E-state index in [-0.39, 0.29) is 36.1 Å². The van der Waals surface area contributed by atoms with Crippen LogP contribution in [0.2, 0.25) is 0 Å². The topological polar surface area (TPSA) is 235 Å². The second kappa shape index (κ2) is 18.0. The summed E-state index contributed by atoms with van der Waals surface area (Å²) in [4.78, 5) is 27.4. The van der Waals surface area contributed by atoms with Gasteiger partial charge in [0.25, 0.3) is 0 Å². The molecular formula is C42H52N2O14. The first kappa shape index (κ1) is 42.8. The van der Waals surface area contributed by atoms with Crippen LogP contribution >= 0.6 is 0 Å². The molecule has 2 amide bonds. The first-order valence-electron chi connectivity index (χ1n) is 19.1. The molecule has 16 heteroatoms. The third kappa shape index (κ3) is 7.62. The number of benzene rings is 3. The fourth-order valence-electron chi connectivity index (χ4n) is 8.42. The number of rotatable bonds is 16. The SMILES string of the molecule is COc1ccc([C@@]23Oc4cc(OC)cc(OC)c4[C@@](O)(C2O[C@@H]2O[C@H](CO)[C@@H](O)[C@H](O)[C@H]2O)[C@H](c2ccccc2)[C@H]3C(=O)NCCCCNC(=O)/C(C)=C/CO)cc1. The lowest BCUT2D eigenvalue weighted by Gasteiger charge is -2.49. The number of ether oxygens (including phenoxy) is 6. The van der Waals surface area contributed by atoms with Crippen molar-refractivity contribution < 1.29 is 68.6 Å². The highest BCUT2D eigenvalue weighted by Crippen LogP contribution is 2.69. The minimum atomic E-state index is -2.24. The summed E-state index contributed by atoms with van der Waals surface area (Å²) < 4.78 is 36.6. The summed E-state index contributed by atoms with van der Waals surface area (Å²) in [6.07, 6.45) is -7.78. The van der Waals surface area contributed by atoms with Crippen molar-refractivity contribution in [2.45, 2.75) is 73.7 Å². The van der Waals surface area contributed by atoms with Crippen LogP contribution in [0, 0.1) is 5.92 Å². The monoisotopic (exact) mass is 808 g/mol.